The van der Waals surface area contributed by atoms with Gasteiger partial charge in [-0.05, 0) is 42.8 Å². The zero-order valence-corrected chi connectivity index (χ0v) is 15.4. The molecule has 0 saturated heterocycles. The van der Waals surface area contributed by atoms with Gasteiger partial charge in [0.05, 0.1) is 27.7 Å². The van der Waals surface area contributed by atoms with Gasteiger partial charge in [-0.15, -0.1) is 5.73 Å². The van der Waals surface area contributed by atoms with Gasteiger partial charge >= 0.3 is 5.97 Å². The minimum Gasteiger partial charge on any atom is -0.497 e. The zero-order valence-electron chi connectivity index (χ0n) is 14.4. The summed E-state index contributed by atoms with van der Waals surface area (Å²) < 4.78 is 10.3. The fraction of sp³-hybridized carbons (Fsp3) is 0.444. The second-order valence-corrected chi connectivity index (χ2v) is 11.2. The molecule has 1 atom stereocenters. The fourth-order valence-corrected chi connectivity index (χ4v) is 4.16. The quantitative estimate of drug-likeness (QED) is 0.445. The minimum absolute atomic E-state index is 0.171. The highest BCUT2D eigenvalue weighted by Crippen LogP contribution is 2.23. The van der Waals surface area contributed by atoms with Crippen LogP contribution in [0, 0.1) is 5.92 Å². The van der Waals surface area contributed by atoms with Crippen LogP contribution in [-0.2, 0) is 9.53 Å². The molecule has 22 heavy (non-hydrogen) atoms. The van der Waals surface area contributed by atoms with E-state index < -0.39 is 8.07 Å². The fourth-order valence-electron chi connectivity index (χ4n) is 2.24. The molecule has 0 aliphatic carbocycles. The second-order valence-electron chi connectivity index (χ2n) is 6.20. The van der Waals surface area contributed by atoms with Crippen molar-refractivity contribution in [1.29, 1.82) is 0 Å². The lowest BCUT2D eigenvalue weighted by atomic mass is 10.1. The first-order chi connectivity index (χ1) is 10.3. The third kappa shape index (κ3) is 5.21. The Hall–Kier alpha value is -1.77. The van der Waals surface area contributed by atoms with Crippen LogP contribution in [0.2, 0.25) is 19.6 Å². The van der Waals surface area contributed by atoms with E-state index in [1.807, 2.05) is 44.2 Å². The molecule has 3 nitrogen and oxygen atoms in total. The molecule has 0 N–H and O–H groups in total. The molecular weight excluding hydrogens is 292 g/mol. The Bertz CT molecular complexity index is 561. The van der Waals surface area contributed by atoms with Crippen LogP contribution < -0.4 is 4.74 Å². The van der Waals surface area contributed by atoms with Crippen molar-refractivity contribution in [3.63, 3.8) is 0 Å². The number of ether oxygens (including phenoxy) is 2. The van der Waals surface area contributed by atoms with Gasteiger partial charge in [0.2, 0.25) is 0 Å². The van der Waals surface area contributed by atoms with E-state index in [-0.39, 0.29) is 11.9 Å². The number of hydrogen-bond acceptors (Lipinski definition) is 3. The van der Waals surface area contributed by atoms with E-state index in [2.05, 4.69) is 25.4 Å². The van der Waals surface area contributed by atoms with Gasteiger partial charge in [-0.3, -0.25) is 4.79 Å². The Balaban J connectivity index is 3.14. The predicted octanol–water partition coefficient (Wildman–Crippen LogP) is 4.31. The molecule has 1 aromatic rings. The smallest absolute Gasteiger partial charge is 0.313 e. The number of rotatable bonds is 6. The number of hydrogen-bond donors (Lipinski definition) is 0. The molecule has 0 radical (unpaired) electrons. The van der Waals surface area contributed by atoms with Gasteiger partial charge in [0.25, 0.3) is 0 Å². The van der Waals surface area contributed by atoms with Crippen LogP contribution in [0.4, 0.5) is 0 Å². The van der Waals surface area contributed by atoms with Gasteiger partial charge in [0.1, 0.15) is 5.75 Å². The molecule has 120 valence electrons. The van der Waals surface area contributed by atoms with Crippen molar-refractivity contribution in [2.75, 3.05) is 13.7 Å². The first kappa shape index (κ1) is 18.3. The first-order valence-corrected chi connectivity index (χ1v) is 11.1. The number of carbonyl (C=O) groups is 1. The summed E-state index contributed by atoms with van der Waals surface area (Å²) in [5, 5.41) is 1.07. The van der Waals surface area contributed by atoms with Crippen molar-refractivity contribution >= 4 is 20.1 Å². The van der Waals surface area contributed by atoms with Crippen molar-refractivity contribution in [2.45, 2.75) is 33.5 Å². The standard InChI is InChI=1S/C18H26O3Si/c1-7-21-18(19)14(2)17(22(4,5)6)13-10-15-8-11-16(20-3)12-9-15/h8-12,14H,7H2,1-6H3/t13?,14-/m1/s1. The Morgan fingerprint density at radius 1 is 1.27 bits per heavy atom. The summed E-state index contributed by atoms with van der Waals surface area (Å²) in [5.74, 6) is 0.406. The van der Waals surface area contributed by atoms with Crippen LogP contribution >= 0.6 is 0 Å². The maximum absolute atomic E-state index is 12.0. The summed E-state index contributed by atoms with van der Waals surface area (Å²) in [7, 11) is -0.0165. The van der Waals surface area contributed by atoms with Gasteiger partial charge in [-0.2, -0.15) is 0 Å². The van der Waals surface area contributed by atoms with Crippen molar-refractivity contribution in [3.05, 3.63) is 40.8 Å². The van der Waals surface area contributed by atoms with Crippen molar-refractivity contribution in [3.8, 4) is 5.75 Å². The van der Waals surface area contributed by atoms with Crippen LogP contribution in [0.3, 0.4) is 0 Å². The Labute approximate surface area is 134 Å². The molecule has 0 aliphatic heterocycles. The van der Waals surface area contributed by atoms with E-state index in [1.165, 1.54) is 0 Å². The van der Waals surface area contributed by atoms with Gasteiger partial charge in [0.15, 0.2) is 0 Å². The Morgan fingerprint density at radius 2 is 1.86 bits per heavy atom. The summed E-state index contributed by atoms with van der Waals surface area (Å²) in [5.41, 5.74) is 4.40. The second kappa shape index (κ2) is 8.02. The summed E-state index contributed by atoms with van der Waals surface area (Å²) in [6, 6.07) is 7.78. The number of benzene rings is 1. The molecule has 0 fully saturated rings. The lowest BCUT2D eigenvalue weighted by Crippen LogP contribution is -2.32. The molecule has 0 saturated carbocycles. The Kier molecular flexibility index (Phi) is 6.66. The van der Waals surface area contributed by atoms with Crippen LogP contribution in [-0.4, -0.2) is 27.8 Å². The highest BCUT2D eigenvalue weighted by molar-refractivity contribution is 6.83. The lowest BCUT2D eigenvalue weighted by Gasteiger charge is -2.23. The number of carbonyl (C=O) groups excluding carboxylic acids is 1. The highest BCUT2D eigenvalue weighted by atomic mass is 28.3. The zero-order chi connectivity index (χ0) is 16.8. The number of methoxy groups -OCH3 is 1. The topological polar surface area (TPSA) is 35.5 Å². The monoisotopic (exact) mass is 318 g/mol. The molecule has 0 aliphatic rings. The number of esters is 1. The van der Waals surface area contributed by atoms with E-state index in [1.54, 1.807) is 7.11 Å². The molecule has 0 heterocycles. The molecule has 0 aromatic heterocycles. The maximum Gasteiger partial charge on any atom is 0.313 e. The molecule has 1 aromatic carbocycles. The van der Waals surface area contributed by atoms with Gasteiger partial charge < -0.3 is 9.47 Å². The van der Waals surface area contributed by atoms with Gasteiger partial charge in [-0.1, -0.05) is 31.8 Å². The van der Waals surface area contributed by atoms with Crippen LogP contribution in [0.1, 0.15) is 19.4 Å². The van der Waals surface area contributed by atoms with Crippen LogP contribution in [0.25, 0.3) is 6.08 Å². The molecule has 1 rings (SSSR count). The average Bonchev–Trinajstić information content (AvgIpc) is 2.46. The molecule has 0 spiro atoms. The van der Waals surface area contributed by atoms with Crippen LogP contribution in [0.5, 0.6) is 5.75 Å². The van der Waals surface area contributed by atoms with E-state index >= 15 is 0 Å². The van der Waals surface area contributed by atoms with E-state index in [9.17, 15) is 4.79 Å². The molecule has 0 bridgehead atoms. The summed E-state index contributed by atoms with van der Waals surface area (Å²) >= 11 is 0. The summed E-state index contributed by atoms with van der Waals surface area (Å²) in [4.78, 5) is 12.0. The third-order valence-electron chi connectivity index (χ3n) is 3.39. The largest absolute Gasteiger partial charge is 0.497 e. The van der Waals surface area contributed by atoms with Crippen molar-refractivity contribution in [1.82, 2.24) is 0 Å². The van der Waals surface area contributed by atoms with Gasteiger partial charge in [-0.25, -0.2) is 0 Å². The van der Waals surface area contributed by atoms with E-state index in [0.717, 1.165) is 16.5 Å². The molecule has 4 heteroatoms. The molecule has 0 amide bonds. The SMILES string of the molecule is CCOC(=O)[C@H](C)C(=C=Cc1ccc(OC)cc1)[Si](C)(C)C. The van der Waals surface area contributed by atoms with Crippen molar-refractivity contribution < 1.29 is 14.3 Å². The highest BCUT2D eigenvalue weighted by Gasteiger charge is 2.29. The van der Waals surface area contributed by atoms with E-state index in [0.29, 0.717) is 6.61 Å². The van der Waals surface area contributed by atoms with E-state index in [4.69, 9.17) is 9.47 Å². The van der Waals surface area contributed by atoms with Crippen LogP contribution in [0.15, 0.2) is 35.2 Å². The van der Waals surface area contributed by atoms with Crippen molar-refractivity contribution in [2.24, 2.45) is 5.92 Å². The average molecular weight is 318 g/mol. The summed E-state index contributed by atoms with van der Waals surface area (Å²) in [6.45, 7) is 10.8. The predicted molar refractivity (Wildman–Crippen MR) is 93.6 cm³/mol. The molecular formula is C18H26O3Si. The third-order valence-corrected chi connectivity index (χ3v) is 5.58. The first-order valence-electron chi connectivity index (χ1n) is 7.57. The Morgan fingerprint density at radius 3 is 2.32 bits per heavy atom. The lowest BCUT2D eigenvalue weighted by molar-refractivity contribution is -0.145. The minimum atomic E-state index is -1.66. The summed E-state index contributed by atoms with van der Waals surface area (Å²) in [6.07, 6.45) is 1.93. The van der Waals surface area contributed by atoms with Gasteiger partial charge in [0, 0.05) is 0 Å². The normalized spacial score (nSPS) is 12.1. The molecule has 0 unspecified atom stereocenters. The maximum atomic E-state index is 12.0.